The average molecular weight is 416 g/mol. The molecule has 28 heavy (non-hydrogen) atoms. The van der Waals surface area contributed by atoms with Crippen molar-refractivity contribution in [3.8, 4) is 0 Å². The summed E-state index contributed by atoms with van der Waals surface area (Å²) in [5.41, 5.74) is 4.93. The van der Waals surface area contributed by atoms with E-state index < -0.39 is 0 Å². The molecule has 1 aliphatic carbocycles. The fraction of sp³-hybridized carbons (Fsp3) is 0.348. The van der Waals surface area contributed by atoms with Crippen molar-refractivity contribution in [2.75, 3.05) is 6.61 Å². The Bertz CT molecular complexity index is 1010. The number of esters is 1. The van der Waals surface area contributed by atoms with Gasteiger partial charge >= 0.3 is 5.97 Å². The Morgan fingerprint density at radius 3 is 2.64 bits per heavy atom. The maximum atomic E-state index is 12.2. The van der Waals surface area contributed by atoms with Crippen molar-refractivity contribution in [3.63, 3.8) is 0 Å². The third-order valence-electron chi connectivity index (χ3n) is 5.51. The molecule has 2 aromatic carbocycles. The van der Waals surface area contributed by atoms with Crippen molar-refractivity contribution >= 4 is 40.1 Å². The first kappa shape index (κ1) is 19.4. The number of halogens is 2. The Morgan fingerprint density at radius 1 is 1.14 bits per heavy atom. The van der Waals surface area contributed by atoms with E-state index in [0.29, 0.717) is 13.0 Å². The molecule has 1 aromatic heterocycles. The van der Waals surface area contributed by atoms with Crippen LogP contribution in [0.25, 0.3) is 10.9 Å². The molecule has 0 amide bonds. The Hall–Kier alpha value is -1.97. The highest BCUT2D eigenvalue weighted by molar-refractivity contribution is 6.31. The van der Waals surface area contributed by atoms with Crippen molar-refractivity contribution in [2.45, 2.75) is 45.1 Å². The first-order chi connectivity index (χ1) is 13.6. The zero-order valence-electron chi connectivity index (χ0n) is 15.9. The van der Waals surface area contributed by atoms with Gasteiger partial charge in [-0.05, 0) is 67.6 Å². The van der Waals surface area contributed by atoms with E-state index in [1.54, 1.807) is 0 Å². The highest BCUT2D eigenvalue weighted by Crippen LogP contribution is 2.41. The molecular formula is C23H23Cl2NO2. The van der Waals surface area contributed by atoms with Crippen molar-refractivity contribution < 1.29 is 9.53 Å². The third kappa shape index (κ3) is 3.78. The Labute approximate surface area is 175 Å². The fourth-order valence-corrected chi connectivity index (χ4v) is 4.67. The maximum Gasteiger partial charge on any atom is 0.306 e. The maximum absolute atomic E-state index is 12.2. The number of benzene rings is 2. The topological polar surface area (TPSA) is 31.2 Å². The van der Waals surface area contributed by atoms with Crippen LogP contribution in [0, 0.1) is 0 Å². The SMILES string of the molecule is CCOC(=O)CC1CCCc2c1n(Cc1ccc(Cl)cc1)c1ccc(Cl)cc21. The predicted molar refractivity (Wildman–Crippen MR) is 114 cm³/mol. The second kappa shape index (κ2) is 8.18. The lowest BCUT2D eigenvalue weighted by atomic mass is 9.84. The van der Waals surface area contributed by atoms with E-state index in [4.69, 9.17) is 27.9 Å². The number of fused-ring (bicyclic) bond motifs is 3. The molecule has 1 aliphatic rings. The van der Waals surface area contributed by atoms with Crippen LogP contribution >= 0.6 is 23.2 Å². The van der Waals surface area contributed by atoms with E-state index in [1.165, 1.54) is 27.7 Å². The van der Waals surface area contributed by atoms with E-state index >= 15 is 0 Å². The van der Waals surface area contributed by atoms with Crippen LogP contribution in [-0.4, -0.2) is 17.1 Å². The molecule has 1 atom stereocenters. The van der Waals surface area contributed by atoms with Gasteiger partial charge in [0, 0.05) is 39.1 Å². The standard InChI is InChI=1S/C23H23Cl2NO2/c1-2-28-22(27)12-16-4-3-5-19-20-13-18(25)10-11-21(20)26(23(16)19)14-15-6-8-17(24)9-7-15/h6-11,13,16H,2-5,12,14H2,1H3. The lowest BCUT2D eigenvalue weighted by Gasteiger charge is -2.25. The van der Waals surface area contributed by atoms with Gasteiger partial charge in [0.2, 0.25) is 0 Å². The third-order valence-corrected chi connectivity index (χ3v) is 6.00. The lowest BCUT2D eigenvalue weighted by Crippen LogP contribution is -2.19. The normalized spacial score (nSPS) is 16.2. The second-order valence-electron chi connectivity index (χ2n) is 7.34. The van der Waals surface area contributed by atoms with Gasteiger partial charge in [0.15, 0.2) is 0 Å². The molecule has 0 radical (unpaired) electrons. The molecule has 0 fully saturated rings. The molecular weight excluding hydrogens is 393 g/mol. The van der Waals surface area contributed by atoms with E-state index in [1.807, 2.05) is 25.1 Å². The van der Waals surface area contributed by atoms with Crippen LogP contribution in [0.2, 0.25) is 10.0 Å². The van der Waals surface area contributed by atoms with Crippen LogP contribution in [0.4, 0.5) is 0 Å². The fourth-order valence-electron chi connectivity index (χ4n) is 4.37. The van der Waals surface area contributed by atoms with Crippen LogP contribution in [0.1, 0.15) is 48.9 Å². The first-order valence-electron chi connectivity index (χ1n) is 9.77. The summed E-state index contributed by atoms with van der Waals surface area (Å²) in [5.74, 6) is 0.0444. The number of ether oxygens (including phenoxy) is 1. The minimum Gasteiger partial charge on any atom is -0.466 e. The smallest absolute Gasteiger partial charge is 0.306 e. The van der Waals surface area contributed by atoms with Crippen molar-refractivity contribution in [3.05, 3.63) is 69.3 Å². The number of hydrogen-bond donors (Lipinski definition) is 0. The van der Waals surface area contributed by atoms with Crippen LogP contribution in [0.15, 0.2) is 42.5 Å². The molecule has 0 spiro atoms. The van der Waals surface area contributed by atoms with Crippen LogP contribution in [0.5, 0.6) is 0 Å². The van der Waals surface area contributed by atoms with Gasteiger partial charge in [-0.1, -0.05) is 35.3 Å². The largest absolute Gasteiger partial charge is 0.466 e. The molecule has 4 rings (SSSR count). The number of nitrogens with zero attached hydrogens (tertiary/aromatic N) is 1. The first-order valence-corrected chi connectivity index (χ1v) is 10.5. The summed E-state index contributed by atoms with van der Waals surface area (Å²) < 4.78 is 7.59. The minimum absolute atomic E-state index is 0.123. The monoisotopic (exact) mass is 415 g/mol. The average Bonchev–Trinajstić information content (AvgIpc) is 2.98. The molecule has 3 nitrogen and oxygen atoms in total. The Balaban J connectivity index is 1.82. The van der Waals surface area contributed by atoms with Crippen molar-refractivity contribution in [1.29, 1.82) is 0 Å². The Kier molecular flexibility index (Phi) is 5.65. The van der Waals surface area contributed by atoms with Crippen LogP contribution in [0.3, 0.4) is 0 Å². The van der Waals surface area contributed by atoms with E-state index in [-0.39, 0.29) is 11.9 Å². The predicted octanol–water partition coefficient (Wildman–Crippen LogP) is 6.37. The van der Waals surface area contributed by atoms with E-state index in [2.05, 4.69) is 28.8 Å². The molecule has 0 aliphatic heterocycles. The van der Waals surface area contributed by atoms with Gasteiger partial charge in [-0.3, -0.25) is 4.79 Å². The summed E-state index contributed by atoms with van der Waals surface area (Å²) in [6.45, 7) is 3.01. The number of carbonyl (C=O) groups is 1. The molecule has 5 heteroatoms. The van der Waals surface area contributed by atoms with Gasteiger partial charge in [-0.2, -0.15) is 0 Å². The summed E-state index contributed by atoms with van der Waals surface area (Å²) in [4.78, 5) is 12.2. The quantitative estimate of drug-likeness (QED) is 0.453. The summed E-state index contributed by atoms with van der Waals surface area (Å²) in [6.07, 6.45) is 3.50. The molecule has 0 saturated heterocycles. The number of rotatable bonds is 5. The van der Waals surface area contributed by atoms with Gasteiger partial charge < -0.3 is 9.30 Å². The van der Waals surface area contributed by atoms with Gasteiger partial charge in [-0.15, -0.1) is 0 Å². The van der Waals surface area contributed by atoms with Gasteiger partial charge in [0.1, 0.15) is 0 Å². The highest BCUT2D eigenvalue weighted by Gasteiger charge is 2.29. The van der Waals surface area contributed by atoms with E-state index in [0.717, 1.165) is 35.9 Å². The highest BCUT2D eigenvalue weighted by atomic mass is 35.5. The molecule has 1 unspecified atom stereocenters. The Morgan fingerprint density at radius 2 is 1.89 bits per heavy atom. The van der Waals surface area contributed by atoms with Crippen LogP contribution < -0.4 is 0 Å². The molecule has 0 saturated carbocycles. The molecule has 146 valence electrons. The number of aryl methyl sites for hydroxylation is 1. The minimum atomic E-state index is -0.123. The van der Waals surface area contributed by atoms with Crippen LogP contribution in [-0.2, 0) is 22.5 Å². The summed E-state index contributed by atoms with van der Waals surface area (Å²) in [5, 5.41) is 2.67. The molecule has 0 N–H and O–H groups in total. The molecule has 3 aromatic rings. The summed E-state index contributed by atoms with van der Waals surface area (Å²) in [7, 11) is 0. The molecule has 1 heterocycles. The molecule has 0 bridgehead atoms. The zero-order chi connectivity index (χ0) is 19.7. The lowest BCUT2D eigenvalue weighted by molar-refractivity contribution is -0.143. The summed E-state index contributed by atoms with van der Waals surface area (Å²) >= 11 is 12.4. The van der Waals surface area contributed by atoms with E-state index in [9.17, 15) is 4.79 Å². The van der Waals surface area contributed by atoms with Gasteiger partial charge in [0.05, 0.1) is 13.0 Å². The van der Waals surface area contributed by atoms with Crippen molar-refractivity contribution in [1.82, 2.24) is 4.57 Å². The number of carbonyl (C=O) groups excluding carboxylic acids is 1. The van der Waals surface area contributed by atoms with Gasteiger partial charge in [0.25, 0.3) is 0 Å². The number of aromatic nitrogens is 1. The van der Waals surface area contributed by atoms with Gasteiger partial charge in [-0.25, -0.2) is 0 Å². The second-order valence-corrected chi connectivity index (χ2v) is 8.21. The van der Waals surface area contributed by atoms with Crippen molar-refractivity contribution in [2.24, 2.45) is 0 Å². The summed E-state index contributed by atoms with van der Waals surface area (Å²) in [6, 6.07) is 14.0. The number of hydrogen-bond acceptors (Lipinski definition) is 2. The zero-order valence-corrected chi connectivity index (χ0v) is 17.4.